The van der Waals surface area contributed by atoms with Crippen molar-refractivity contribution in [2.45, 2.75) is 12.5 Å². The molecule has 0 atom stereocenters. The Kier molecular flexibility index (Phi) is 8.85. The Bertz CT molecular complexity index is 1190. The van der Waals surface area contributed by atoms with Crippen molar-refractivity contribution in [3.63, 3.8) is 0 Å². The summed E-state index contributed by atoms with van der Waals surface area (Å²) >= 11 is 0. The SMILES string of the molecule is O=C(NCc1cc(N2CCNCC2)cc([B-](F)(F)F)c1)OCC1c2ccccc2-c2ccccc21.[K+]. The second-order valence-electron chi connectivity index (χ2n) is 8.92. The van der Waals surface area contributed by atoms with E-state index in [1.807, 2.05) is 41.3 Å². The number of alkyl carbamates (subject to hydrolysis) is 1. The van der Waals surface area contributed by atoms with E-state index in [9.17, 15) is 17.7 Å². The predicted molar refractivity (Wildman–Crippen MR) is 132 cm³/mol. The van der Waals surface area contributed by atoms with Crippen LogP contribution in [0.25, 0.3) is 11.1 Å². The van der Waals surface area contributed by atoms with Gasteiger partial charge < -0.3 is 33.2 Å². The molecule has 1 heterocycles. The second-order valence-corrected chi connectivity index (χ2v) is 8.92. The molecule has 3 aromatic carbocycles. The molecule has 5 nitrogen and oxygen atoms in total. The Balaban J connectivity index is 0.00000304. The van der Waals surface area contributed by atoms with Crippen molar-refractivity contribution < 1.29 is 73.9 Å². The third kappa shape index (κ3) is 6.01. The Hall–Kier alpha value is -1.82. The number of ether oxygens (including phenoxy) is 1. The smallest absolute Gasteiger partial charge is 0.449 e. The number of hydrogen-bond acceptors (Lipinski definition) is 4. The van der Waals surface area contributed by atoms with Crippen LogP contribution in [0.1, 0.15) is 22.6 Å². The van der Waals surface area contributed by atoms with Gasteiger partial charge in [-0.05, 0) is 33.9 Å². The third-order valence-electron chi connectivity index (χ3n) is 6.64. The van der Waals surface area contributed by atoms with Gasteiger partial charge in [0.15, 0.2) is 0 Å². The van der Waals surface area contributed by atoms with Crippen molar-refractivity contribution in [1.29, 1.82) is 0 Å². The molecule has 1 aliphatic carbocycles. The van der Waals surface area contributed by atoms with Gasteiger partial charge in [0, 0.05) is 44.3 Å². The molecule has 182 valence electrons. The van der Waals surface area contributed by atoms with E-state index in [1.54, 1.807) is 6.07 Å². The van der Waals surface area contributed by atoms with Crippen LogP contribution in [-0.2, 0) is 11.3 Å². The summed E-state index contributed by atoms with van der Waals surface area (Å²) in [6.07, 6.45) is -0.654. The van der Waals surface area contributed by atoms with Gasteiger partial charge in [0.1, 0.15) is 6.61 Å². The van der Waals surface area contributed by atoms with Gasteiger partial charge in [-0.25, -0.2) is 4.79 Å². The molecule has 10 heteroatoms. The van der Waals surface area contributed by atoms with Crippen molar-refractivity contribution >= 4 is 24.2 Å². The van der Waals surface area contributed by atoms with Crippen LogP contribution in [0.3, 0.4) is 0 Å². The molecule has 36 heavy (non-hydrogen) atoms. The number of amides is 1. The van der Waals surface area contributed by atoms with Gasteiger partial charge in [-0.15, -0.1) is 5.46 Å². The maximum atomic E-state index is 13.6. The fraction of sp³-hybridized carbons (Fsp3) is 0.269. The van der Waals surface area contributed by atoms with Gasteiger partial charge in [0.2, 0.25) is 0 Å². The molecule has 0 saturated carbocycles. The fourth-order valence-electron chi connectivity index (χ4n) is 4.92. The number of carbonyl (C=O) groups is 1. The van der Waals surface area contributed by atoms with Gasteiger partial charge in [0.05, 0.1) is 0 Å². The Morgan fingerprint density at radius 3 is 2.19 bits per heavy atom. The van der Waals surface area contributed by atoms with Crippen molar-refractivity contribution in [2.24, 2.45) is 0 Å². The Labute approximate surface area is 251 Å². The zero-order valence-corrected chi connectivity index (χ0v) is 23.3. The minimum Gasteiger partial charge on any atom is -0.449 e. The molecule has 1 saturated heterocycles. The van der Waals surface area contributed by atoms with E-state index < -0.39 is 18.5 Å². The third-order valence-corrected chi connectivity index (χ3v) is 6.64. The van der Waals surface area contributed by atoms with E-state index >= 15 is 0 Å². The van der Waals surface area contributed by atoms with Crippen molar-refractivity contribution in [3.8, 4) is 11.1 Å². The quantitative estimate of drug-likeness (QED) is 0.481. The topological polar surface area (TPSA) is 53.6 Å². The number of hydrogen-bond donors (Lipinski definition) is 2. The summed E-state index contributed by atoms with van der Waals surface area (Å²) in [4.78, 5) is 14.4. The summed E-state index contributed by atoms with van der Waals surface area (Å²) in [5.74, 6) is -0.0799. The number of nitrogens with one attached hydrogen (secondary N) is 2. The number of benzene rings is 3. The van der Waals surface area contributed by atoms with Gasteiger partial charge in [-0.1, -0.05) is 60.7 Å². The molecule has 0 aromatic heterocycles. The van der Waals surface area contributed by atoms with Crippen LogP contribution in [0.5, 0.6) is 0 Å². The van der Waals surface area contributed by atoms with Crippen molar-refractivity contribution in [1.82, 2.24) is 10.6 Å². The number of fused-ring (bicyclic) bond motifs is 3. The Morgan fingerprint density at radius 1 is 0.972 bits per heavy atom. The molecule has 1 aliphatic heterocycles. The second kappa shape index (κ2) is 11.7. The molecular formula is C26H26BF3KN3O2. The van der Waals surface area contributed by atoms with E-state index in [0.29, 0.717) is 37.4 Å². The van der Waals surface area contributed by atoms with E-state index in [2.05, 4.69) is 22.8 Å². The molecule has 0 spiro atoms. The van der Waals surface area contributed by atoms with Gasteiger partial charge in [-0.2, -0.15) is 0 Å². The van der Waals surface area contributed by atoms with Crippen molar-refractivity contribution in [3.05, 3.63) is 83.4 Å². The van der Waals surface area contributed by atoms with Crippen LogP contribution in [0.4, 0.5) is 23.4 Å². The molecule has 1 fully saturated rings. The molecule has 0 bridgehead atoms. The first-order valence-corrected chi connectivity index (χ1v) is 11.8. The Morgan fingerprint density at radius 2 is 1.58 bits per heavy atom. The molecule has 1 amide bonds. The fourth-order valence-corrected chi connectivity index (χ4v) is 4.92. The van der Waals surface area contributed by atoms with Crippen LogP contribution < -0.4 is 72.4 Å². The summed E-state index contributed by atoms with van der Waals surface area (Å²) in [6, 6.07) is 20.1. The number of piperazine rings is 1. The molecule has 3 aromatic rings. The van der Waals surface area contributed by atoms with Gasteiger partial charge in [0.25, 0.3) is 0 Å². The first-order valence-electron chi connectivity index (χ1n) is 11.8. The molecular weight excluding hydrogens is 493 g/mol. The van der Waals surface area contributed by atoms with Crippen LogP contribution in [0.15, 0.2) is 66.7 Å². The predicted octanol–water partition coefficient (Wildman–Crippen LogP) is 1.19. The molecule has 2 N–H and O–H groups in total. The van der Waals surface area contributed by atoms with Crippen LogP contribution >= 0.6 is 0 Å². The number of anilines is 1. The number of nitrogens with zero attached hydrogens (tertiary/aromatic N) is 1. The number of rotatable bonds is 6. The minimum absolute atomic E-state index is 0. The zero-order chi connectivity index (χ0) is 24.4. The van der Waals surface area contributed by atoms with Gasteiger partial charge >= 0.3 is 64.5 Å². The first kappa shape index (κ1) is 27.2. The van der Waals surface area contributed by atoms with Gasteiger partial charge in [-0.3, -0.25) is 0 Å². The number of carbonyl (C=O) groups excluding carboxylic acids is 1. The molecule has 2 aliphatic rings. The average Bonchev–Trinajstić information content (AvgIpc) is 3.20. The van der Waals surface area contributed by atoms with Crippen molar-refractivity contribution in [2.75, 3.05) is 37.7 Å². The van der Waals surface area contributed by atoms with E-state index in [4.69, 9.17) is 4.74 Å². The summed E-state index contributed by atoms with van der Waals surface area (Å²) in [7, 11) is 0. The first-order chi connectivity index (χ1) is 16.9. The standard InChI is InChI=1S/C26H26BF3N3O2.K/c28-27(29,30)19-13-18(14-20(15-19)33-11-9-31-10-12-33)16-32-26(34)35-17-25-23-7-3-1-5-21(23)22-6-2-4-8-24(22)25;/h1-8,13-15,25,31H,9-12,16-17H2,(H,32,34);/q-1;+1. The van der Waals surface area contributed by atoms with E-state index in [0.717, 1.165) is 28.3 Å². The van der Waals surface area contributed by atoms with E-state index in [-0.39, 0.29) is 70.5 Å². The average molecular weight is 519 g/mol. The zero-order valence-electron chi connectivity index (χ0n) is 20.1. The maximum Gasteiger partial charge on any atom is 1.00 e. The summed E-state index contributed by atoms with van der Waals surface area (Å²) in [5.41, 5.74) is 4.71. The molecule has 5 rings (SSSR count). The minimum atomic E-state index is -5.16. The van der Waals surface area contributed by atoms with Crippen LogP contribution in [-0.4, -0.2) is 45.9 Å². The normalized spacial score (nSPS) is 15.0. The van der Waals surface area contributed by atoms with Crippen LogP contribution in [0.2, 0.25) is 0 Å². The van der Waals surface area contributed by atoms with E-state index in [1.165, 1.54) is 6.07 Å². The number of halogens is 3. The summed E-state index contributed by atoms with van der Waals surface area (Å²) < 4.78 is 46.2. The van der Waals surface area contributed by atoms with Crippen LogP contribution in [0, 0.1) is 0 Å². The monoisotopic (exact) mass is 519 g/mol. The maximum absolute atomic E-state index is 13.6. The molecule has 0 radical (unpaired) electrons. The summed E-state index contributed by atoms with van der Waals surface area (Å²) in [5, 5.41) is 5.83. The largest absolute Gasteiger partial charge is 1.00 e. The molecule has 0 unspecified atom stereocenters. The summed E-state index contributed by atoms with van der Waals surface area (Å²) in [6.45, 7) is -2.36.